The molecule has 0 spiro atoms. The predicted octanol–water partition coefficient (Wildman–Crippen LogP) is 4.12. The Morgan fingerprint density at radius 1 is 1.12 bits per heavy atom. The summed E-state index contributed by atoms with van der Waals surface area (Å²) in [6.45, 7) is 0.575. The van der Waals surface area contributed by atoms with Gasteiger partial charge >= 0.3 is 0 Å². The van der Waals surface area contributed by atoms with Crippen LogP contribution in [0.1, 0.15) is 5.56 Å². The third-order valence-electron chi connectivity index (χ3n) is 3.80. The van der Waals surface area contributed by atoms with Crippen LogP contribution in [0, 0.1) is 10.1 Å². The van der Waals surface area contributed by atoms with E-state index in [0.717, 1.165) is 28.1 Å². The highest BCUT2D eigenvalue weighted by Gasteiger charge is 2.14. The summed E-state index contributed by atoms with van der Waals surface area (Å²) in [6, 6.07) is 14.5. The smallest absolute Gasteiger partial charge is 0.269 e. The molecule has 2 heterocycles. The van der Waals surface area contributed by atoms with Gasteiger partial charge in [-0.2, -0.15) is 0 Å². The molecule has 0 aliphatic rings. The van der Waals surface area contributed by atoms with E-state index in [9.17, 15) is 10.1 Å². The van der Waals surface area contributed by atoms with E-state index < -0.39 is 4.92 Å². The van der Waals surface area contributed by atoms with Gasteiger partial charge < -0.3 is 4.57 Å². The molecule has 0 aliphatic heterocycles. The molecule has 0 bridgehead atoms. The molecule has 6 nitrogen and oxygen atoms in total. The molecule has 7 heteroatoms. The highest BCUT2D eigenvalue weighted by Crippen LogP contribution is 2.26. The lowest BCUT2D eigenvalue weighted by molar-refractivity contribution is -0.384. The molecule has 0 saturated heterocycles. The maximum Gasteiger partial charge on any atom is 0.269 e. The Hall–Kier alpha value is -3.06. The molecule has 0 unspecified atom stereocenters. The van der Waals surface area contributed by atoms with Gasteiger partial charge in [-0.15, -0.1) is 11.3 Å². The monoisotopic (exact) mass is 336 g/mol. The second kappa shape index (κ2) is 5.86. The second-order valence-corrected chi connectivity index (χ2v) is 6.03. The molecular weight excluding hydrogens is 324 g/mol. The molecule has 0 saturated carbocycles. The minimum Gasteiger partial charge on any atom is -0.318 e. The van der Waals surface area contributed by atoms with Crippen LogP contribution in [0.25, 0.3) is 22.6 Å². The van der Waals surface area contributed by atoms with Gasteiger partial charge in [-0.3, -0.25) is 10.1 Å². The van der Waals surface area contributed by atoms with Crippen molar-refractivity contribution in [2.45, 2.75) is 6.54 Å². The average molecular weight is 336 g/mol. The lowest BCUT2D eigenvalue weighted by Gasteiger charge is -2.08. The summed E-state index contributed by atoms with van der Waals surface area (Å²) in [5.74, 6) is 0.802. The van der Waals surface area contributed by atoms with Crippen LogP contribution in [0.5, 0.6) is 0 Å². The molecular formula is C17H12N4O2S. The van der Waals surface area contributed by atoms with Gasteiger partial charge in [0.25, 0.3) is 5.69 Å². The minimum atomic E-state index is -0.392. The number of benzene rings is 2. The zero-order valence-electron chi connectivity index (χ0n) is 12.5. The van der Waals surface area contributed by atoms with Crippen LogP contribution in [0.3, 0.4) is 0 Å². The van der Waals surface area contributed by atoms with Crippen molar-refractivity contribution < 1.29 is 4.92 Å². The SMILES string of the molecule is O=[N+]([O-])c1ccc(Cn2c(-c3cscn3)nc3ccccc32)cc1. The first kappa shape index (κ1) is 14.5. The van der Waals surface area contributed by atoms with Gasteiger partial charge in [0, 0.05) is 24.1 Å². The predicted molar refractivity (Wildman–Crippen MR) is 93.0 cm³/mol. The molecule has 0 N–H and O–H groups in total. The number of hydrogen-bond donors (Lipinski definition) is 0. The van der Waals surface area contributed by atoms with Gasteiger partial charge in [0.15, 0.2) is 5.82 Å². The fourth-order valence-electron chi connectivity index (χ4n) is 2.66. The van der Waals surface area contributed by atoms with E-state index in [-0.39, 0.29) is 5.69 Å². The number of non-ortho nitro benzene ring substituents is 1. The number of nitro groups is 1. The van der Waals surface area contributed by atoms with Crippen molar-refractivity contribution in [1.82, 2.24) is 14.5 Å². The number of nitro benzene ring substituents is 1. The topological polar surface area (TPSA) is 73.8 Å². The fourth-order valence-corrected chi connectivity index (χ4v) is 3.19. The Labute approximate surface area is 141 Å². The van der Waals surface area contributed by atoms with Crippen LogP contribution in [-0.4, -0.2) is 19.5 Å². The van der Waals surface area contributed by atoms with E-state index in [1.807, 2.05) is 29.6 Å². The molecule has 24 heavy (non-hydrogen) atoms. The number of fused-ring (bicyclic) bond motifs is 1. The molecule has 0 fully saturated rings. The van der Waals surface area contributed by atoms with Crippen molar-refractivity contribution in [3.05, 3.63) is 75.1 Å². The van der Waals surface area contributed by atoms with Crippen LogP contribution in [-0.2, 0) is 6.54 Å². The van der Waals surface area contributed by atoms with Crippen LogP contribution in [0.2, 0.25) is 0 Å². The van der Waals surface area contributed by atoms with Crippen LogP contribution in [0.15, 0.2) is 59.4 Å². The minimum absolute atomic E-state index is 0.0916. The summed E-state index contributed by atoms with van der Waals surface area (Å²) in [5.41, 5.74) is 5.60. The van der Waals surface area contributed by atoms with Crippen molar-refractivity contribution in [3.8, 4) is 11.5 Å². The van der Waals surface area contributed by atoms with E-state index in [1.54, 1.807) is 17.6 Å². The summed E-state index contributed by atoms with van der Waals surface area (Å²) in [6.07, 6.45) is 0. The normalized spacial score (nSPS) is 11.0. The Bertz CT molecular complexity index is 1010. The Balaban J connectivity index is 1.80. The van der Waals surface area contributed by atoms with Gasteiger partial charge in [0.2, 0.25) is 0 Å². The molecule has 0 amide bonds. The van der Waals surface area contributed by atoms with Crippen molar-refractivity contribution >= 4 is 28.1 Å². The van der Waals surface area contributed by atoms with Gasteiger partial charge in [-0.1, -0.05) is 24.3 Å². The van der Waals surface area contributed by atoms with E-state index in [2.05, 4.69) is 9.55 Å². The number of rotatable bonds is 4. The fraction of sp³-hybridized carbons (Fsp3) is 0.0588. The van der Waals surface area contributed by atoms with Gasteiger partial charge in [0.05, 0.1) is 21.5 Å². The van der Waals surface area contributed by atoms with Crippen molar-refractivity contribution in [2.75, 3.05) is 0 Å². The average Bonchev–Trinajstić information content (AvgIpc) is 3.23. The van der Waals surface area contributed by atoms with Crippen molar-refractivity contribution in [1.29, 1.82) is 0 Å². The van der Waals surface area contributed by atoms with E-state index in [4.69, 9.17) is 4.98 Å². The Kier molecular flexibility index (Phi) is 3.55. The third-order valence-corrected chi connectivity index (χ3v) is 4.39. The molecule has 2 aromatic carbocycles. The van der Waals surface area contributed by atoms with Crippen molar-refractivity contribution in [3.63, 3.8) is 0 Å². The molecule has 0 atom stereocenters. The van der Waals surface area contributed by atoms with E-state index >= 15 is 0 Å². The first-order valence-electron chi connectivity index (χ1n) is 7.29. The van der Waals surface area contributed by atoms with Gasteiger partial charge in [-0.25, -0.2) is 9.97 Å². The highest BCUT2D eigenvalue weighted by molar-refractivity contribution is 7.07. The summed E-state index contributed by atoms with van der Waals surface area (Å²) >= 11 is 1.53. The van der Waals surface area contributed by atoms with E-state index in [1.165, 1.54) is 23.5 Å². The first-order chi connectivity index (χ1) is 11.7. The summed E-state index contributed by atoms with van der Waals surface area (Å²) in [7, 11) is 0. The quantitative estimate of drug-likeness (QED) is 0.415. The molecule has 2 aromatic heterocycles. The highest BCUT2D eigenvalue weighted by atomic mass is 32.1. The lowest BCUT2D eigenvalue weighted by Crippen LogP contribution is -2.02. The Morgan fingerprint density at radius 3 is 2.62 bits per heavy atom. The summed E-state index contributed by atoms with van der Waals surface area (Å²) < 4.78 is 2.09. The number of hydrogen-bond acceptors (Lipinski definition) is 5. The maximum atomic E-state index is 10.8. The maximum absolute atomic E-state index is 10.8. The standard InChI is InChI=1S/C17H12N4O2S/c22-21(23)13-7-5-12(6-8-13)9-20-16-4-2-1-3-14(16)19-17(20)15-10-24-11-18-15/h1-8,10-11H,9H2. The van der Waals surface area contributed by atoms with Crippen LogP contribution in [0.4, 0.5) is 5.69 Å². The number of thiazole rings is 1. The van der Waals surface area contributed by atoms with Gasteiger partial charge in [0.1, 0.15) is 5.69 Å². The number of nitrogens with zero attached hydrogens (tertiary/aromatic N) is 4. The number of aromatic nitrogens is 3. The second-order valence-electron chi connectivity index (χ2n) is 5.31. The third kappa shape index (κ3) is 2.55. The molecule has 4 aromatic rings. The molecule has 118 valence electrons. The number of imidazole rings is 1. The largest absolute Gasteiger partial charge is 0.318 e. The van der Waals surface area contributed by atoms with Gasteiger partial charge in [-0.05, 0) is 17.7 Å². The van der Waals surface area contributed by atoms with Crippen LogP contribution < -0.4 is 0 Å². The van der Waals surface area contributed by atoms with E-state index in [0.29, 0.717) is 6.54 Å². The zero-order chi connectivity index (χ0) is 16.5. The lowest BCUT2D eigenvalue weighted by atomic mass is 10.2. The van der Waals surface area contributed by atoms with Crippen molar-refractivity contribution in [2.24, 2.45) is 0 Å². The van der Waals surface area contributed by atoms with Crippen LogP contribution >= 0.6 is 11.3 Å². The number of para-hydroxylation sites is 2. The zero-order valence-corrected chi connectivity index (χ0v) is 13.3. The molecule has 0 aliphatic carbocycles. The summed E-state index contributed by atoms with van der Waals surface area (Å²) in [5, 5.41) is 12.8. The molecule has 0 radical (unpaired) electrons. The first-order valence-corrected chi connectivity index (χ1v) is 8.24. The summed E-state index contributed by atoms with van der Waals surface area (Å²) in [4.78, 5) is 19.5. The Morgan fingerprint density at radius 2 is 1.92 bits per heavy atom. The molecule has 4 rings (SSSR count).